The van der Waals surface area contributed by atoms with E-state index in [9.17, 15) is 20.2 Å². The summed E-state index contributed by atoms with van der Waals surface area (Å²) in [5.74, 6) is 1.92. The zero-order valence-corrected chi connectivity index (χ0v) is 19.9. The number of anilines is 4. The minimum atomic E-state index is -0.466. The van der Waals surface area contributed by atoms with Crippen LogP contribution >= 0.6 is 0 Å². The highest BCUT2D eigenvalue weighted by Crippen LogP contribution is 2.25. The van der Waals surface area contributed by atoms with E-state index >= 15 is 0 Å². The highest BCUT2D eigenvalue weighted by molar-refractivity contribution is 5.78. The van der Waals surface area contributed by atoms with Crippen LogP contribution in [-0.4, -0.2) is 44.1 Å². The van der Waals surface area contributed by atoms with Gasteiger partial charge in [-0.25, -0.2) is 5.43 Å². The van der Waals surface area contributed by atoms with Crippen LogP contribution in [0, 0.1) is 20.2 Å². The van der Waals surface area contributed by atoms with Crippen molar-refractivity contribution in [2.24, 2.45) is 5.10 Å². The molecule has 0 aliphatic carbocycles. The summed E-state index contributed by atoms with van der Waals surface area (Å²) >= 11 is 0. The molecular formula is C24H21N9O5. The van der Waals surface area contributed by atoms with Crippen LogP contribution in [-0.2, 0) is 0 Å². The van der Waals surface area contributed by atoms with E-state index in [2.05, 4.69) is 30.8 Å². The van der Waals surface area contributed by atoms with E-state index in [-0.39, 0.29) is 23.3 Å². The molecule has 0 atom stereocenters. The fourth-order valence-electron chi connectivity index (χ4n) is 3.80. The summed E-state index contributed by atoms with van der Waals surface area (Å²) in [7, 11) is 0. The summed E-state index contributed by atoms with van der Waals surface area (Å²) in [5, 5.41) is 29.0. The van der Waals surface area contributed by atoms with Crippen LogP contribution in [0.1, 0.15) is 18.6 Å². The Bertz CT molecular complexity index is 1480. The lowest BCUT2D eigenvalue weighted by Crippen LogP contribution is -2.21. The fraction of sp³-hybridized carbons (Fsp3) is 0.167. The summed E-state index contributed by atoms with van der Waals surface area (Å²) < 4.78 is 5.76. The number of non-ortho nitro benzene ring substituents is 2. The van der Waals surface area contributed by atoms with Crippen molar-refractivity contribution in [3.05, 3.63) is 86.7 Å². The lowest BCUT2D eigenvalue weighted by molar-refractivity contribution is -0.385. The Hall–Kier alpha value is -5.40. The van der Waals surface area contributed by atoms with Crippen LogP contribution < -0.4 is 15.6 Å². The fourth-order valence-corrected chi connectivity index (χ4v) is 3.80. The number of hydrogen-bond donors (Lipinski definition) is 2. The van der Waals surface area contributed by atoms with Gasteiger partial charge in [-0.05, 0) is 49.2 Å². The Morgan fingerprint density at radius 2 is 1.47 bits per heavy atom. The monoisotopic (exact) mass is 515 g/mol. The Kier molecular flexibility index (Phi) is 6.84. The van der Waals surface area contributed by atoms with Gasteiger partial charge in [0.05, 0.1) is 16.1 Å². The molecule has 0 spiro atoms. The molecule has 1 saturated heterocycles. The third-order valence-corrected chi connectivity index (χ3v) is 5.69. The van der Waals surface area contributed by atoms with Gasteiger partial charge in [-0.1, -0.05) is 0 Å². The van der Waals surface area contributed by atoms with E-state index in [1.807, 2.05) is 4.90 Å². The third kappa shape index (κ3) is 5.70. The van der Waals surface area contributed by atoms with Crippen molar-refractivity contribution >= 4 is 41.1 Å². The van der Waals surface area contributed by atoms with Gasteiger partial charge < -0.3 is 14.6 Å². The van der Waals surface area contributed by atoms with Gasteiger partial charge in [0.1, 0.15) is 11.5 Å². The van der Waals surface area contributed by atoms with E-state index in [1.165, 1.54) is 30.5 Å². The lowest BCUT2D eigenvalue weighted by Gasteiger charge is -2.16. The zero-order chi connectivity index (χ0) is 26.5. The summed E-state index contributed by atoms with van der Waals surface area (Å²) in [4.78, 5) is 36.2. The first-order chi connectivity index (χ1) is 18.4. The minimum Gasteiger partial charge on any atom is -0.455 e. The molecule has 4 aromatic rings. The van der Waals surface area contributed by atoms with Gasteiger partial charge in [0, 0.05) is 48.6 Å². The topological polar surface area (TPSA) is 178 Å². The maximum absolute atomic E-state index is 10.9. The molecule has 38 heavy (non-hydrogen) atoms. The molecule has 0 amide bonds. The van der Waals surface area contributed by atoms with Crippen molar-refractivity contribution in [2.45, 2.75) is 12.8 Å². The van der Waals surface area contributed by atoms with E-state index in [0.29, 0.717) is 28.7 Å². The quantitative estimate of drug-likeness (QED) is 0.179. The third-order valence-electron chi connectivity index (χ3n) is 5.69. The maximum atomic E-state index is 10.9. The molecule has 0 unspecified atom stereocenters. The number of nitrogens with one attached hydrogen (secondary N) is 2. The first kappa shape index (κ1) is 24.3. The number of hydrogen-bond acceptors (Lipinski definition) is 12. The van der Waals surface area contributed by atoms with Gasteiger partial charge in [-0.2, -0.15) is 20.1 Å². The molecule has 0 radical (unpaired) electrons. The normalized spacial score (nSPS) is 13.1. The second kappa shape index (κ2) is 10.7. The van der Waals surface area contributed by atoms with Crippen LogP contribution in [0.5, 0.6) is 0 Å². The van der Waals surface area contributed by atoms with Crippen molar-refractivity contribution < 1.29 is 14.3 Å². The zero-order valence-electron chi connectivity index (χ0n) is 19.9. The van der Waals surface area contributed by atoms with Gasteiger partial charge >= 0.3 is 0 Å². The van der Waals surface area contributed by atoms with Crippen LogP contribution in [0.3, 0.4) is 0 Å². The van der Waals surface area contributed by atoms with Crippen LogP contribution in [0.15, 0.2) is 70.2 Å². The summed E-state index contributed by atoms with van der Waals surface area (Å²) in [6.07, 6.45) is 3.53. The Labute approximate surface area is 215 Å². The second-order valence-electron chi connectivity index (χ2n) is 8.28. The van der Waals surface area contributed by atoms with E-state index in [0.717, 1.165) is 25.9 Å². The predicted molar refractivity (Wildman–Crippen MR) is 140 cm³/mol. The van der Waals surface area contributed by atoms with Crippen molar-refractivity contribution in [3.63, 3.8) is 0 Å². The molecule has 1 aliphatic rings. The molecule has 0 bridgehead atoms. The molecule has 3 heterocycles. The molecule has 2 N–H and O–H groups in total. The summed E-state index contributed by atoms with van der Waals surface area (Å²) in [6.45, 7) is 1.64. The molecule has 5 rings (SSSR count). The largest absolute Gasteiger partial charge is 0.455 e. The van der Waals surface area contributed by atoms with E-state index < -0.39 is 9.85 Å². The van der Waals surface area contributed by atoms with Gasteiger partial charge in [0.15, 0.2) is 0 Å². The van der Waals surface area contributed by atoms with Crippen molar-refractivity contribution in [1.82, 2.24) is 15.0 Å². The highest BCUT2D eigenvalue weighted by atomic mass is 16.6. The number of benzene rings is 2. The summed E-state index contributed by atoms with van der Waals surface area (Å²) in [6, 6.07) is 15.4. The SMILES string of the molecule is O=[N+]([O-])c1ccc(Nc2nc(NN=Cc3ccc(-c4ccc([N+](=O)[O-])cc4)o3)nc(N3CCCC3)n2)cc1. The first-order valence-corrected chi connectivity index (χ1v) is 11.6. The average Bonchev–Trinajstić information content (AvgIpc) is 3.62. The molecule has 1 fully saturated rings. The van der Waals surface area contributed by atoms with Crippen molar-refractivity contribution in [3.8, 4) is 11.3 Å². The molecule has 14 heteroatoms. The molecule has 1 aliphatic heterocycles. The number of nitro groups is 2. The van der Waals surface area contributed by atoms with Crippen molar-refractivity contribution in [2.75, 3.05) is 28.7 Å². The van der Waals surface area contributed by atoms with Gasteiger partial charge in [-0.3, -0.25) is 20.2 Å². The molecule has 2 aromatic carbocycles. The Balaban J connectivity index is 1.31. The lowest BCUT2D eigenvalue weighted by atomic mass is 10.1. The van der Waals surface area contributed by atoms with Crippen LogP contribution in [0.4, 0.5) is 34.9 Å². The number of hydrazone groups is 1. The van der Waals surface area contributed by atoms with Crippen molar-refractivity contribution in [1.29, 1.82) is 0 Å². The number of nitro benzene ring substituents is 2. The predicted octanol–water partition coefficient (Wildman–Crippen LogP) is 4.74. The number of rotatable bonds is 9. The van der Waals surface area contributed by atoms with Gasteiger partial charge in [0.25, 0.3) is 11.4 Å². The highest BCUT2D eigenvalue weighted by Gasteiger charge is 2.18. The summed E-state index contributed by atoms with van der Waals surface area (Å²) in [5.41, 5.74) is 4.05. The standard InChI is InChI=1S/C24H21N9O5/c34-32(35)18-7-3-16(4-8-18)21-12-11-20(38-21)15-25-30-23-27-22(28-24(29-23)31-13-1-2-14-31)26-17-5-9-19(10-6-17)33(36)37/h3-12,15H,1-2,13-14H2,(H2,26,27,28,29,30). The Morgan fingerprint density at radius 1 is 0.842 bits per heavy atom. The molecule has 192 valence electrons. The number of aromatic nitrogens is 3. The van der Waals surface area contributed by atoms with Crippen LogP contribution in [0.2, 0.25) is 0 Å². The van der Waals surface area contributed by atoms with E-state index in [4.69, 9.17) is 4.42 Å². The number of furan rings is 1. The smallest absolute Gasteiger partial charge is 0.269 e. The van der Waals surface area contributed by atoms with E-state index in [1.54, 1.807) is 36.4 Å². The van der Waals surface area contributed by atoms with Gasteiger partial charge in [0.2, 0.25) is 17.8 Å². The second-order valence-corrected chi connectivity index (χ2v) is 8.28. The number of nitrogens with zero attached hydrogens (tertiary/aromatic N) is 7. The maximum Gasteiger partial charge on any atom is 0.269 e. The minimum absolute atomic E-state index is 0.000574. The van der Waals surface area contributed by atoms with Crippen LogP contribution in [0.25, 0.3) is 11.3 Å². The molecule has 0 saturated carbocycles. The molecule has 2 aromatic heterocycles. The van der Waals surface area contributed by atoms with Gasteiger partial charge in [-0.15, -0.1) is 0 Å². The molecule has 14 nitrogen and oxygen atoms in total. The Morgan fingerprint density at radius 3 is 2.13 bits per heavy atom. The first-order valence-electron chi connectivity index (χ1n) is 11.6. The molecular weight excluding hydrogens is 494 g/mol. The average molecular weight is 515 g/mol.